The number of aryl methyl sites for hydroxylation is 2. The van der Waals surface area contributed by atoms with Gasteiger partial charge in [0.25, 0.3) is 0 Å². The van der Waals surface area contributed by atoms with E-state index in [0.29, 0.717) is 5.69 Å². The summed E-state index contributed by atoms with van der Waals surface area (Å²) in [6, 6.07) is 0. The van der Waals surface area contributed by atoms with Crippen molar-refractivity contribution in [2.75, 3.05) is 0 Å². The van der Waals surface area contributed by atoms with E-state index in [1.54, 1.807) is 17.5 Å². The average molecular weight is 191 g/mol. The SMILES string of the molecule is Cc1cn2cc(B(O)O)nc(C)c2n1. The van der Waals surface area contributed by atoms with Gasteiger partial charge in [0.05, 0.1) is 17.0 Å². The Morgan fingerprint density at radius 3 is 2.57 bits per heavy atom. The highest BCUT2D eigenvalue weighted by Gasteiger charge is 2.15. The first-order chi connectivity index (χ1) is 6.58. The number of hydrogen-bond donors (Lipinski definition) is 2. The van der Waals surface area contributed by atoms with Gasteiger partial charge in [-0.15, -0.1) is 0 Å². The Morgan fingerprint density at radius 2 is 1.93 bits per heavy atom. The lowest BCUT2D eigenvalue weighted by molar-refractivity contribution is 0.424. The maximum atomic E-state index is 8.97. The predicted molar refractivity (Wildman–Crippen MR) is 52.3 cm³/mol. The molecule has 0 aromatic carbocycles. The summed E-state index contributed by atoms with van der Waals surface area (Å²) in [5.41, 5.74) is 2.53. The summed E-state index contributed by atoms with van der Waals surface area (Å²) in [6.45, 7) is 3.66. The standard InChI is InChI=1S/C8H10BN3O2/c1-5-3-12-4-7(9(13)14)11-6(2)8(12)10-5/h3-4,13-14H,1-2H3. The van der Waals surface area contributed by atoms with Crippen LogP contribution in [0, 0.1) is 13.8 Å². The largest absolute Gasteiger partial charge is 0.509 e. The molecule has 2 heterocycles. The van der Waals surface area contributed by atoms with E-state index in [1.807, 2.05) is 13.1 Å². The highest BCUT2D eigenvalue weighted by atomic mass is 16.4. The lowest BCUT2D eigenvalue weighted by atomic mass is 9.87. The van der Waals surface area contributed by atoms with Gasteiger partial charge in [-0.3, -0.25) is 4.98 Å². The van der Waals surface area contributed by atoms with Crippen molar-refractivity contribution >= 4 is 18.4 Å². The molecule has 72 valence electrons. The highest BCUT2D eigenvalue weighted by molar-refractivity contribution is 6.57. The first-order valence-electron chi connectivity index (χ1n) is 4.27. The predicted octanol–water partition coefficient (Wildman–Crippen LogP) is -0.974. The molecular weight excluding hydrogens is 181 g/mol. The fourth-order valence-electron chi connectivity index (χ4n) is 1.42. The van der Waals surface area contributed by atoms with Crippen molar-refractivity contribution < 1.29 is 10.0 Å². The first-order valence-corrected chi connectivity index (χ1v) is 4.27. The Hall–Kier alpha value is -1.40. The maximum absolute atomic E-state index is 8.97. The van der Waals surface area contributed by atoms with E-state index in [-0.39, 0.29) is 5.59 Å². The fourth-order valence-corrected chi connectivity index (χ4v) is 1.42. The van der Waals surface area contributed by atoms with E-state index in [9.17, 15) is 0 Å². The lowest BCUT2D eigenvalue weighted by Crippen LogP contribution is -2.34. The molecule has 0 saturated carbocycles. The topological polar surface area (TPSA) is 70.7 Å². The fraction of sp³-hybridized carbons (Fsp3) is 0.250. The Morgan fingerprint density at radius 1 is 1.21 bits per heavy atom. The summed E-state index contributed by atoms with van der Waals surface area (Å²) in [7, 11) is -1.54. The van der Waals surface area contributed by atoms with Crippen molar-refractivity contribution in [3.63, 3.8) is 0 Å². The van der Waals surface area contributed by atoms with E-state index in [0.717, 1.165) is 11.3 Å². The number of rotatable bonds is 1. The Bertz CT molecular complexity index is 481. The molecule has 5 nitrogen and oxygen atoms in total. The minimum atomic E-state index is -1.54. The molecule has 0 bridgehead atoms. The average Bonchev–Trinajstić information content (AvgIpc) is 2.45. The third kappa shape index (κ3) is 1.38. The zero-order chi connectivity index (χ0) is 10.3. The first kappa shape index (κ1) is 9.17. The molecule has 0 saturated heterocycles. The van der Waals surface area contributed by atoms with Gasteiger partial charge in [0.15, 0.2) is 5.65 Å². The molecule has 0 aliphatic carbocycles. The normalized spacial score (nSPS) is 10.9. The van der Waals surface area contributed by atoms with Gasteiger partial charge in [-0.25, -0.2) is 4.98 Å². The maximum Gasteiger partial charge on any atom is 0.509 e. The minimum absolute atomic E-state index is 0.229. The molecular formula is C8H10BN3O2. The number of fused-ring (bicyclic) bond motifs is 1. The molecule has 0 fully saturated rings. The molecule has 0 atom stereocenters. The van der Waals surface area contributed by atoms with Crippen LogP contribution in [0.2, 0.25) is 0 Å². The van der Waals surface area contributed by atoms with Gasteiger partial charge in [0, 0.05) is 12.4 Å². The van der Waals surface area contributed by atoms with Crippen LogP contribution in [0.5, 0.6) is 0 Å². The summed E-state index contributed by atoms with van der Waals surface area (Å²) in [5, 5.41) is 17.9. The van der Waals surface area contributed by atoms with Gasteiger partial charge in [-0.1, -0.05) is 0 Å². The molecule has 2 N–H and O–H groups in total. The Kier molecular flexibility index (Phi) is 2.01. The van der Waals surface area contributed by atoms with Crippen molar-refractivity contribution in [1.29, 1.82) is 0 Å². The van der Waals surface area contributed by atoms with Crippen LogP contribution in [0.4, 0.5) is 0 Å². The van der Waals surface area contributed by atoms with Crippen LogP contribution in [-0.4, -0.2) is 31.5 Å². The number of hydrogen-bond acceptors (Lipinski definition) is 4. The summed E-state index contributed by atoms with van der Waals surface area (Å²) in [5.74, 6) is 0. The van der Waals surface area contributed by atoms with Crippen molar-refractivity contribution in [1.82, 2.24) is 14.4 Å². The van der Waals surface area contributed by atoms with Gasteiger partial charge < -0.3 is 14.4 Å². The third-order valence-electron chi connectivity index (χ3n) is 2.01. The van der Waals surface area contributed by atoms with Crippen molar-refractivity contribution in [2.24, 2.45) is 0 Å². The summed E-state index contributed by atoms with van der Waals surface area (Å²) in [4.78, 5) is 8.28. The number of imidazole rings is 1. The van der Waals surface area contributed by atoms with E-state index in [1.165, 1.54) is 0 Å². The van der Waals surface area contributed by atoms with Gasteiger partial charge in [0.2, 0.25) is 0 Å². The van der Waals surface area contributed by atoms with Crippen molar-refractivity contribution in [2.45, 2.75) is 13.8 Å². The summed E-state index contributed by atoms with van der Waals surface area (Å²) in [6.07, 6.45) is 3.38. The van der Waals surface area contributed by atoms with Gasteiger partial charge in [-0.2, -0.15) is 0 Å². The summed E-state index contributed by atoms with van der Waals surface area (Å²) >= 11 is 0. The molecule has 0 aliphatic heterocycles. The molecule has 0 spiro atoms. The number of nitrogens with zero attached hydrogens (tertiary/aromatic N) is 3. The zero-order valence-electron chi connectivity index (χ0n) is 7.97. The molecule has 0 aliphatic rings. The molecule has 0 unspecified atom stereocenters. The van der Waals surface area contributed by atoms with E-state index in [2.05, 4.69) is 9.97 Å². The van der Waals surface area contributed by atoms with Crippen LogP contribution < -0.4 is 5.59 Å². The third-order valence-corrected chi connectivity index (χ3v) is 2.01. The Balaban J connectivity index is 2.71. The van der Waals surface area contributed by atoms with Crippen LogP contribution in [0.3, 0.4) is 0 Å². The zero-order valence-corrected chi connectivity index (χ0v) is 7.97. The number of aromatic nitrogens is 3. The smallest absolute Gasteiger partial charge is 0.422 e. The molecule has 0 amide bonds. The lowest BCUT2D eigenvalue weighted by Gasteiger charge is -2.02. The minimum Gasteiger partial charge on any atom is -0.422 e. The van der Waals surface area contributed by atoms with Gasteiger partial charge in [0.1, 0.15) is 0 Å². The van der Waals surface area contributed by atoms with Crippen LogP contribution in [0.15, 0.2) is 12.4 Å². The monoisotopic (exact) mass is 191 g/mol. The van der Waals surface area contributed by atoms with Crippen molar-refractivity contribution in [3.8, 4) is 0 Å². The van der Waals surface area contributed by atoms with E-state index in [4.69, 9.17) is 10.0 Å². The van der Waals surface area contributed by atoms with E-state index < -0.39 is 7.12 Å². The molecule has 0 radical (unpaired) electrons. The molecule has 2 aromatic heterocycles. The highest BCUT2D eigenvalue weighted by Crippen LogP contribution is 2.05. The van der Waals surface area contributed by atoms with Crippen LogP contribution in [0.1, 0.15) is 11.4 Å². The molecule has 2 rings (SSSR count). The quantitative estimate of drug-likeness (QED) is 0.568. The van der Waals surface area contributed by atoms with Gasteiger partial charge >= 0.3 is 7.12 Å². The second kappa shape index (κ2) is 3.07. The molecule has 6 heteroatoms. The second-order valence-electron chi connectivity index (χ2n) is 3.24. The van der Waals surface area contributed by atoms with Crippen LogP contribution in [-0.2, 0) is 0 Å². The van der Waals surface area contributed by atoms with Gasteiger partial charge in [-0.05, 0) is 13.8 Å². The molecule has 2 aromatic rings. The Labute approximate surface area is 81.2 Å². The molecule has 14 heavy (non-hydrogen) atoms. The van der Waals surface area contributed by atoms with E-state index >= 15 is 0 Å². The van der Waals surface area contributed by atoms with Crippen LogP contribution >= 0.6 is 0 Å². The van der Waals surface area contributed by atoms with Crippen molar-refractivity contribution in [3.05, 3.63) is 23.8 Å². The van der Waals surface area contributed by atoms with Crippen LogP contribution in [0.25, 0.3) is 5.65 Å². The summed E-state index contributed by atoms with van der Waals surface area (Å²) < 4.78 is 1.74. The second-order valence-corrected chi connectivity index (χ2v) is 3.24.